The summed E-state index contributed by atoms with van der Waals surface area (Å²) in [5.41, 5.74) is 1.99. The summed E-state index contributed by atoms with van der Waals surface area (Å²) in [6, 6.07) is 19.9. The molecule has 0 aromatic heterocycles. The molecule has 0 aliphatic rings. The first-order chi connectivity index (χ1) is 29.0. The van der Waals surface area contributed by atoms with Gasteiger partial charge < -0.3 is 14.2 Å². The zero-order valence-electron chi connectivity index (χ0n) is 34.9. The van der Waals surface area contributed by atoms with E-state index in [2.05, 4.69) is 50.1 Å². The van der Waals surface area contributed by atoms with Crippen LogP contribution in [0.3, 0.4) is 0 Å². The number of ether oxygens (including phenoxy) is 3. The van der Waals surface area contributed by atoms with Gasteiger partial charge in [-0.25, -0.2) is 43.7 Å². The quantitative estimate of drug-likeness (QED) is 0.0306. The SMILES string of the molecule is CCCCCc1ccc(C(=O)OOC(=O)OCC(CC)(COC(=O)OOC(=O)c2ccc(CCCCC)cc2)COC(=O)OOC(=O)c2ccc(CCCCC)cc2)cc1. The second kappa shape index (κ2) is 26.8. The van der Waals surface area contributed by atoms with E-state index in [0.717, 1.165) is 93.7 Å². The van der Waals surface area contributed by atoms with E-state index in [1.54, 1.807) is 43.3 Å². The molecular weight excluding hydrogens is 780 g/mol. The Hall–Kier alpha value is -6.12. The number of benzene rings is 3. The molecule has 0 bridgehead atoms. The second-order valence-corrected chi connectivity index (χ2v) is 14.3. The molecule has 0 aliphatic carbocycles. The van der Waals surface area contributed by atoms with Gasteiger partial charge in [-0.1, -0.05) is 103 Å². The molecule has 3 rings (SSSR count). The van der Waals surface area contributed by atoms with Crippen molar-refractivity contribution in [2.75, 3.05) is 19.8 Å². The third-order valence-corrected chi connectivity index (χ3v) is 9.57. The lowest BCUT2D eigenvalue weighted by atomic mass is 9.88. The van der Waals surface area contributed by atoms with Gasteiger partial charge in [-0.15, -0.1) is 0 Å². The Balaban J connectivity index is 1.57. The van der Waals surface area contributed by atoms with Crippen molar-refractivity contribution in [1.29, 1.82) is 0 Å². The van der Waals surface area contributed by atoms with Gasteiger partial charge in [-0.05, 0) is 98.0 Å². The molecule has 0 N–H and O–H groups in total. The van der Waals surface area contributed by atoms with Crippen LogP contribution in [0, 0.1) is 5.41 Å². The van der Waals surface area contributed by atoms with Gasteiger partial charge >= 0.3 is 36.4 Å². The normalized spacial score (nSPS) is 10.8. The fourth-order valence-electron chi connectivity index (χ4n) is 5.66. The van der Waals surface area contributed by atoms with E-state index in [9.17, 15) is 28.8 Å². The summed E-state index contributed by atoms with van der Waals surface area (Å²) in [5, 5.41) is 0. The first kappa shape index (κ1) is 48.3. The molecule has 0 fully saturated rings. The molecule has 0 unspecified atom stereocenters. The molecule has 0 atom stereocenters. The van der Waals surface area contributed by atoms with Gasteiger partial charge in [-0.2, -0.15) is 14.4 Å². The van der Waals surface area contributed by atoms with Crippen LogP contribution in [0.25, 0.3) is 0 Å². The van der Waals surface area contributed by atoms with Crippen molar-refractivity contribution in [3.05, 3.63) is 106 Å². The molecule has 15 heteroatoms. The molecule has 0 spiro atoms. The monoisotopic (exact) mass is 836 g/mol. The Kier molecular flexibility index (Phi) is 21.5. The lowest BCUT2D eigenvalue weighted by Gasteiger charge is -2.29. The molecule has 326 valence electrons. The number of carbonyl (C=O) groups excluding carboxylic acids is 6. The smallest absolute Gasteiger partial charge is 0.431 e. The zero-order chi connectivity index (χ0) is 43.6. The van der Waals surface area contributed by atoms with E-state index in [1.165, 1.54) is 36.4 Å². The minimum absolute atomic E-state index is 0.0139. The highest BCUT2D eigenvalue weighted by Gasteiger charge is 2.36. The van der Waals surface area contributed by atoms with Crippen molar-refractivity contribution in [3.63, 3.8) is 0 Å². The largest absolute Gasteiger partial charge is 0.549 e. The molecule has 3 aromatic rings. The second-order valence-electron chi connectivity index (χ2n) is 14.3. The van der Waals surface area contributed by atoms with Crippen LogP contribution in [0.1, 0.15) is 140 Å². The fourth-order valence-corrected chi connectivity index (χ4v) is 5.66. The van der Waals surface area contributed by atoms with Crippen molar-refractivity contribution in [1.82, 2.24) is 0 Å². The third kappa shape index (κ3) is 17.8. The maximum absolute atomic E-state index is 12.5. The van der Waals surface area contributed by atoms with Crippen LogP contribution in [0.5, 0.6) is 0 Å². The van der Waals surface area contributed by atoms with Crippen LogP contribution in [0.4, 0.5) is 14.4 Å². The standard InChI is InChI=1S/C45H56O15/c1-5-9-12-15-33-18-24-36(25-19-33)39(46)55-58-42(49)52-30-45(8-4,31-53-43(50)59-56-40(47)37-26-20-34(21-27-37)16-13-10-6-2)32-54-44(51)60-57-41(48)38-28-22-35(23-29-38)17-14-11-7-3/h18-29H,5-17,30-32H2,1-4H3. The minimum Gasteiger partial charge on any atom is -0.431 e. The Morgan fingerprint density at radius 3 is 0.883 bits per heavy atom. The molecule has 0 saturated carbocycles. The first-order valence-electron chi connectivity index (χ1n) is 20.4. The highest BCUT2D eigenvalue weighted by atomic mass is 17.2. The van der Waals surface area contributed by atoms with Crippen molar-refractivity contribution >= 4 is 36.4 Å². The van der Waals surface area contributed by atoms with Crippen LogP contribution in [-0.2, 0) is 62.8 Å². The molecule has 60 heavy (non-hydrogen) atoms. The van der Waals surface area contributed by atoms with Crippen LogP contribution in [-0.4, -0.2) is 56.2 Å². The maximum Gasteiger partial charge on any atom is 0.549 e. The van der Waals surface area contributed by atoms with Gasteiger partial charge in [0, 0.05) is 0 Å². The summed E-state index contributed by atoms with van der Waals surface area (Å²) in [7, 11) is 0. The van der Waals surface area contributed by atoms with Crippen LogP contribution >= 0.6 is 0 Å². The summed E-state index contributed by atoms with van der Waals surface area (Å²) < 4.78 is 15.4. The molecule has 3 aromatic carbocycles. The van der Waals surface area contributed by atoms with Crippen molar-refractivity contribution < 1.29 is 72.3 Å². The summed E-state index contributed by atoms with van der Waals surface area (Å²) in [6.07, 6.45) is 7.75. The summed E-state index contributed by atoms with van der Waals surface area (Å²) in [4.78, 5) is 103. The Morgan fingerprint density at radius 1 is 0.383 bits per heavy atom. The Bertz CT molecular complexity index is 1580. The lowest BCUT2D eigenvalue weighted by Crippen LogP contribution is -2.39. The molecule has 0 amide bonds. The van der Waals surface area contributed by atoms with Crippen LogP contribution in [0.15, 0.2) is 72.8 Å². The van der Waals surface area contributed by atoms with E-state index in [1.807, 2.05) is 0 Å². The van der Waals surface area contributed by atoms with E-state index in [4.69, 9.17) is 14.2 Å². The number of hydrogen-bond donors (Lipinski definition) is 0. The highest BCUT2D eigenvalue weighted by Crippen LogP contribution is 2.25. The molecule has 0 radical (unpaired) electrons. The average Bonchev–Trinajstić information content (AvgIpc) is 3.27. The maximum atomic E-state index is 12.5. The van der Waals surface area contributed by atoms with Gasteiger partial charge in [0.2, 0.25) is 0 Å². The number of rotatable bonds is 22. The molecule has 0 heterocycles. The summed E-state index contributed by atoms with van der Waals surface area (Å²) in [6.45, 7) is 5.99. The van der Waals surface area contributed by atoms with Crippen LogP contribution in [0.2, 0.25) is 0 Å². The fraction of sp³-hybridized carbons (Fsp3) is 0.467. The Labute approximate surface area is 350 Å². The zero-order valence-corrected chi connectivity index (χ0v) is 34.9. The molecule has 15 nitrogen and oxygen atoms in total. The first-order valence-corrected chi connectivity index (χ1v) is 20.4. The van der Waals surface area contributed by atoms with Crippen LogP contribution < -0.4 is 0 Å². The topological polar surface area (TPSA) is 185 Å². The molecule has 0 aliphatic heterocycles. The van der Waals surface area contributed by atoms with Crippen molar-refractivity contribution in [2.45, 2.75) is 111 Å². The van der Waals surface area contributed by atoms with E-state index < -0.39 is 61.6 Å². The predicted molar refractivity (Wildman–Crippen MR) is 215 cm³/mol. The highest BCUT2D eigenvalue weighted by molar-refractivity contribution is 5.90. The van der Waals surface area contributed by atoms with Gasteiger partial charge in [0.05, 0.1) is 22.1 Å². The van der Waals surface area contributed by atoms with Gasteiger partial charge in [-0.3, -0.25) is 0 Å². The third-order valence-electron chi connectivity index (χ3n) is 9.57. The molecular formula is C45H56O15. The number of aryl methyl sites for hydroxylation is 3. The summed E-state index contributed by atoms with van der Waals surface area (Å²) >= 11 is 0. The van der Waals surface area contributed by atoms with Gasteiger partial charge in [0.15, 0.2) is 0 Å². The number of hydrogen-bond acceptors (Lipinski definition) is 15. The number of unbranched alkanes of at least 4 members (excludes halogenated alkanes) is 6. The van der Waals surface area contributed by atoms with E-state index in [-0.39, 0.29) is 23.1 Å². The number of carbonyl (C=O) groups is 6. The average molecular weight is 837 g/mol. The van der Waals surface area contributed by atoms with Gasteiger partial charge in [0.25, 0.3) is 0 Å². The Morgan fingerprint density at radius 2 is 0.650 bits per heavy atom. The molecule has 0 saturated heterocycles. The lowest BCUT2D eigenvalue weighted by molar-refractivity contribution is -0.217. The summed E-state index contributed by atoms with van der Waals surface area (Å²) in [5.74, 6) is -2.87. The van der Waals surface area contributed by atoms with Crippen molar-refractivity contribution in [3.8, 4) is 0 Å². The van der Waals surface area contributed by atoms with E-state index >= 15 is 0 Å². The van der Waals surface area contributed by atoms with Gasteiger partial charge in [0.1, 0.15) is 19.8 Å². The predicted octanol–water partition coefficient (Wildman–Crippen LogP) is 10.4. The van der Waals surface area contributed by atoms with Crippen molar-refractivity contribution in [2.24, 2.45) is 5.41 Å². The minimum atomic E-state index is -1.51. The van der Waals surface area contributed by atoms with E-state index in [0.29, 0.717) is 0 Å².